The van der Waals surface area contributed by atoms with Crippen molar-refractivity contribution in [1.82, 2.24) is 9.80 Å². The number of hydrogen-bond donors (Lipinski definition) is 1. The Bertz CT molecular complexity index is 1490. The summed E-state index contributed by atoms with van der Waals surface area (Å²) >= 11 is 0. The van der Waals surface area contributed by atoms with Crippen LogP contribution in [0.5, 0.6) is 0 Å². The van der Waals surface area contributed by atoms with E-state index in [0.29, 0.717) is 25.6 Å². The van der Waals surface area contributed by atoms with Gasteiger partial charge in [-0.15, -0.1) is 0 Å². The van der Waals surface area contributed by atoms with Gasteiger partial charge >= 0.3 is 11.9 Å². The second-order valence-electron chi connectivity index (χ2n) is 12.5. The van der Waals surface area contributed by atoms with E-state index in [4.69, 9.17) is 0 Å². The van der Waals surface area contributed by atoms with E-state index in [2.05, 4.69) is 49.1 Å². The molecule has 2 aliphatic rings. The molecule has 1 saturated heterocycles. The lowest BCUT2D eigenvalue weighted by atomic mass is 9.76. The number of aliphatic carboxylic acids is 1. The number of carbonyl (C=O) groups excluding carboxylic acids is 2. The summed E-state index contributed by atoms with van der Waals surface area (Å²) in [5, 5.41) is 9.61. The van der Waals surface area contributed by atoms with Crippen molar-refractivity contribution in [3.8, 4) is 0 Å². The maximum Gasteiger partial charge on any atom is 0.394 e. The minimum Gasteiger partial charge on any atom is -0.474 e. The average Bonchev–Trinajstić information content (AvgIpc) is 3.07. The zero-order valence-electron chi connectivity index (χ0n) is 26.5. The van der Waals surface area contributed by atoms with Crippen LogP contribution in [-0.2, 0) is 20.9 Å². The molecule has 1 unspecified atom stereocenters. The summed E-state index contributed by atoms with van der Waals surface area (Å²) in [5.41, 5.74) is 6.77. The van der Waals surface area contributed by atoms with E-state index >= 15 is 0 Å². The van der Waals surface area contributed by atoms with Gasteiger partial charge in [-0.3, -0.25) is 9.59 Å². The largest absolute Gasteiger partial charge is 0.474 e. The van der Waals surface area contributed by atoms with E-state index in [1.807, 2.05) is 53.4 Å². The fourth-order valence-electron chi connectivity index (χ4n) is 6.83. The van der Waals surface area contributed by atoms with E-state index in [1.54, 1.807) is 6.08 Å². The zero-order chi connectivity index (χ0) is 31.8. The van der Waals surface area contributed by atoms with Crippen molar-refractivity contribution in [2.24, 2.45) is 5.92 Å². The third-order valence-corrected chi connectivity index (χ3v) is 9.61. The third kappa shape index (κ3) is 8.21. The van der Waals surface area contributed by atoms with E-state index in [1.165, 1.54) is 28.1 Å². The van der Waals surface area contributed by atoms with Crippen LogP contribution in [-0.4, -0.2) is 65.4 Å². The normalized spacial score (nSPS) is 16.5. The van der Waals surface area contributed by atoms with Crippen LogP contribution in [0.2, 0.25) is 0 Å². The van der Waals surface area contributed by atoms with Crippen LogP contribution in [0.25, 0.3) is 6.08 Å². The molecule has 3 aromatic rings. The number of anilines is 1. The van der Waals surface area contributed by atoms with Crippen LogP contribution < -0.4 is 4.90 Å². The van der Waals surface area contributed by atoms with Gasteiger partial charge in [-0.25, -0.2) is 4.79 Å². The lowest BCUT2D eigenvalue weighted by Crippen LogP contribution is -2.48. The summed E-state index contributed by atoms with van der Waals surface area (Å²) in [7, 11) is 0. The quantitative estimate of drug-likeness (QED) is 0.224. The Balaban J connectivity index is 1.25. The smallest absolute Gasteiger partial charge is 0.394 e. The first kappa shape index (κ1) is 32.0. The Morgan fingerprint density at radius 1 is 0.867 bits per heavy atom. The Hall–Kier alpha value is -4.39. The molecule has 2 fully saturated rings. The molecule has 1 heterocycles. The number of nitrogens with zero attached hydrogens (tertiary/aromatic N) is 3. The van der Waals surface area contributed by atoms with Crippen LogP contribution >= 0.6 is 0 Å². The predicted octanol–water partition coefficient (Wildman–Crippen LogP) is 6.44. The molecule has 45 heavy (non-hydrogen) atoms. The minimum atomic E-state index is -1.43. The molecule has 7 heteroatoms. The summed E-state index contributed by atoms with van der Waals surface area (Å²) in [6.07, 6.45) is 9.17. The molecule has 1 aliphatic carbocycles. The van der Waals surface area contributed by atoms with Crippen molar-refractivity contribution >= 4 is 29.5 Å². The van der Waals surface area contributed by atoms with Crippen molar-refractivity contribution in [2.75, 3.05) is 37.6 Å². The van der Waals surface area contributed by atoms with Gasteiger partial charge in [0.05, 0.1) is 0 Å². The van der Waals surface area contributed by atoms with E-state index in [9.17, 15) is 19.5 Å². The molecule has 1 N–H and O–H groups in total. The highest BCUT2D eigenvalue weighted by atomic mass is 16.4. The fraction of sp³-hybridized carbons (Fsp3) is 0.395. The van der Waals surface area contributed by atoms with E-state index in [-0.39, 0.29) is 18.4 Å². The first-order chi connectivity index (χ1) is 21.8. The van der Waals surface area contributed by atoms with Crippen LogP contribution in [0, 0.1) is 19.8 Å². The summed E-state index contributed by atoms with van der Waals surface area (Å²) in [6.45, 7) is 7.90. The number of piperazine rings is 1. The van der Waals surface area contributed by atoms with Gasteiger partial charge in [0.2, 0.25) is 5.91 Å². The first-order valence-electron chi connectivity index (χ1n) is 16.2. The van der Waals surface area contributed by atoms with Gasteiger partial charge in [0, 0.05) is 56.9 Å². The molecule has 236 valence electrons. The molecule has 1 aliphatic heterocycles. The first-order valence-corrected chi connectivity index (χ1v) is 16.2. The van der Waals surface area contributed by atoms with Gasteiger partial charge in [-0.2, -0.15) is 0 Å². The number of carboxylic acids is 1. The highest BCUT2D eigenvalue weighted by Crippen LogP contribution is 2.37. The van der Waals surface area contributed by atoms with Crippen LogP contribution in [0.15, 0.2) is 78.9 Å². The highest BCUT2D eigenvalue weighted by Gasteiger charge is 2.31. The molecular weight excluding hydrogens is 562 g/mol. The van der Waals surface area contributed by atoms with Gasteiger partial charge < -0.3 is 19.8 Å². The lowest BCUT2D eigenvalue weighted by molar-refractivity contribution is -0.156. The average molecular weight is 608 g/mol. The molecule has 0 bridgehead atoms. The van der Waals surface area contributed by atoms with Crippen LogP contribution in [0.3, 0.4) is 0 Å². The summed E-state index contributed by atoms with van der Waals surface area (Å²) in [4.78, 5) is 43.4. The van der Waals surface area contributed by atoms with Gasteiger partial charge in [0.15, 0.2) is 0 Å². The number of aryl methyl sites for hydroxylation is 1. The molecule has 2 amide bonds. The lowest BCUT2D eigenvalue weighted by Gasteiger charge is -2.36. The van der Waals surface area contributed by atoms with Gasteiger partial charge in [-0.1, -0.05) is 86.0 Å². The van der Waals surface area contributed by atoms with Gasteiger partial charge in [0.25, 0.3) is 0 Å². The van der Waals surface area contributed by atoms with Crippen molar-refractivity contribution in [2.45, 2.75) is 58.4 Å². The summed E-state index contributed by atoms with van der Waals surface area (Å²) in [6, 6.07) is 24.2. The molecule has 1 saturated carbocycles. The number of amides is 2. The Morgan fingerprint density at radius 2 is 1.56 bits per heavy atom. The SMILES string of the molecule is Cc1cccc(N2CCN(C(=O)/C=C/c3ccc(C(CN(Cc4ccccc4)C(=O)C(=O)O)C4CCCCC4)cc3)CC2)c1C. The molecule has 7 nitrogen and oxygen atoms in total. The molecule has 5 rings (SSSR count). The van der Waals surface area contributed by atoms with Crippen molar-refractivity contribution < 1.29 is 19.5 Å². The number of rotatable bonds is 9. The third-order valence-electron chi connectivity index (χ3n) is 9.61. The number of benzene rings is 3. The second-order valence-corrected chi connectivity index (χ2v) is 12.5. The van der Waals surface area contributed by atoms with Gasteiger partial charge in [-0.05, 0) is 72.6 Å². The summed E-state index contributed by atoms with van der Waals surface area (Å²) in [5.74, 6) is -1.87. The van der Waals surface area contributed by atoms with Gasteiger partial charge in [0.1, 0.15) is 0 Å². The van der Waals surface area contributed by atoms with Crippen LogP contribution in [0.4, 0.5) is 5.69 Å². The summed E-state index contributed by atoms with van der Waals surface area (Å²) < 4.78 is 0. The van der Waals surface area contributed by atoms with E-state index < -0.39 is 11.9 Å². The molecule has 1 atom stereocenters. The molecule has 0 radical (unpaired) electrons. The minimum absolute atomic E-state index is 0.0171. The van der Waals surface area contributed by atoms with Crippen molar-refractivity contribution in [3.05, 3.63) is 107 Å². The predicted molar refractivity (Wildman–Crippen MR) is 179 cm³/mol. The second kappa shape index (κ2) is 15.1. The van der Waals surface area contributed by atoms with E-state index in [0.717, 1.165) is 55.5 Å². The van der Waals surface area contributed by atoms with Crippen LogP contribution in [0.1, 0.15) is 65.8 Å². The molecule has 0 spiro atoms. The van der Waals surface area contributed by atoms with Crippen molar-refractivity contribution in [3.63, 3.8) is 0 Å². The molecule has 0 aromatic heterocycles. The molecule has 3 aromatic carbocycles. The maximum atomic E-state index is 13.0. The fourth-order valence-corrected chi connectivity index (χ4v) is 6.83. The Labute approximate surface area is 267 Å². The number of hydrogen-bond acceptors (Lipinski definition) is 4. The Kier molecular flexibility index (Phi) is 10.7. The number of carbonyl (C=O) groups is 3. The maximum absolute atomic E-state index is 13.0. The zero-order valence-corrected chi connectivity index (χ0v) is 26.5. The Morgan fingerprint density at radius 3 is 2.22 bits per heavy atom. The molecular formula is C38H45N3O4. The standard InChI is InChI=1S/C38H45N3O4/c1-28-10-9-15-35(29(28)2)39-22-24-40(25-23-39)36(42)21-18-30-16-19-33(20-17-30)34(32-13-7-4-8-14-32)27-41(37(43)38(44)45)26-31-11-5-3-6-12-31/h3,5-6,9-12,15-21,32,34H,4,7-8,13-14,22-27H2,1-2H3,(H,44,45)/b21-18+. The topological polar surface area (TPSA) is 81.2 Å². The number of carboxylic acid groups (broad SMARTS) is 1. The van der Waals surface area contributed by atoms with Crippen molar-refractivity contribution in [1.29, 1.82) is 0 Å². The highest BCUT2D eigenvalue weighted by molar-refractivity contribution is 6.31. The monoisotopic (exact) mass is 607 g/mol.